The van der Waals surface area contributed by atoms with Crippen molar-refractivity contribution in [3.8, 4) is 11.4 Å². The average molecular weight is 265 g/mol. The van der Waals surface area contributed by atoms with Gasteiger partial charge in [0.25, 0.3) is 0 Å². The molecule has 2 N–H and O–H groups in total. The molecule has 0 amide bonds. The number of rotatable bonds is 2. The van der Waals surface area contributed by atoms with Crippen LogP contribution in [0.25, 0.3) is 22.4 Å². The summed E-state index contributed by atoms with van der Waals surface area (Å²) >= 11 is 0. The Morgan fingerprint density at radius 3 is 2.65 bits per heavy atom. The predicted molar refractivity (Wildman–Crippen MR) is 84.7 cm³/mol. The number of imidazole rings is 1. The summed E-state index contributed by atoms with van der Waals surface area (Å²) in [5, 5.41) is 0. The molecule has 102 valence electrons. The lowest BCUT2D eigenvalue weighted by molar-refractivity contribution is 0.796. The van der Waals surface area contributed by atoms with Gasteiger partial charge in [0.2, 0.25) is 0 Å². The van der Waals surface area contributed by atoms with Gasteiger partial charge < -0.3 is 10.3 Å². The molecule has 0 saturated heterocycles. The summed E-state index contributed by atoms with van der Waals surface area (Å²) in [6.07, 6.45) is 0. The smallest absolute Gasteiger partial charge is 0.143 e. The number of nitrogens with two attached hydrogens (primary N) is 1. The fraction of sp³-hybridized carbons (Fsp3) is 0.235. The van der Waals surface area contributed by atoms with Crippen LogP contribution in [0.15, 0.2) is 36.4 Å². The van der Waals surface area contributed by atoms with Gasteiger partial charge in [0.1, 0.15) is 5.82 Å². The molecule has 0 bridgehead atoms. The fourth-order valence-corrected chi connectivity index (χ4v) is 2.76. The third-order valence-corrected chi connectivity index (χ3v) is 3.74. The lowest BCUT2D eigenvalue weighted by Crippen LogP contribution is -2.02. The number of nitrogen functional groups attached to an aromatic ring is 1. The van der Waals surface area contributed by atoms with Crippen molar-refractivity contribution in [3.05, 3.63) is 47.5 Å². The monoisotopic (exact) mass is 265 g/mol. The minimum Gasteiger partial charge on any atom is -0.398 e. The van der Waals surface area contributed by atoms with E-state index in [1.54, 1.807) is 0 Å². The summed E-state index contributed by atoms with van der Waals surface area (Å²) in [6, 6.07) is 12.4. The van der Waals surface area contributed by atoms with E-state index in [2.05, 4.69) is 36.6 Å². The Balaban J connectivity index is 2.35. The molecule has 1 heterocycles. The standard InChI is InChI=1S/C17H19N3/c1-4-20-15-8-6-5-7-14(15)19-17(20)13-10-11(2)9-12(3)16(13)18/h5-10H,4,18H2,1-3H3. The largest absolute Gasteiger partial charge is 0.398 e. The zero-order valence-corrected chi connectivity index (χ0v) is 12.1. The van der Waals surface area contributed by atoms with Crippen LogP contribution in [-0.2, 0) is 6.54 Å². The summed E-state index contributed by atoms with van der Waals surface area (Å²) < 4.78 is 2.22. The Hall–Kier alpha value is -2.29. The Kier molecular flexibility index (Phi) is 2.97. The van der Waals surface area contributed by atoms with E-state index in [1.807, 2.05) is 25.1 Å². The molecule has 0 unspecified atom stereocenters. The van der Waals surface area contributed by atoms with Crippen LogP contribution in [0.4, 0.5) is 5.69 Å². The van der Waals surface area contributed by atoms with Crippen LogP contribution in [0.5, 0.6) is 0 Å². The molecule has 0 saturated carbocycles. The first-order chi connectivity index (χ1) is 9.61. The number of hydrogen-bond donors (Lipinski definition) is 1. The molecule has 0 atom stereocenters. The van der Waals surface area contributed by atoms with Crippen LogP contribution in [0, 0.1) is 13.8 Å². The number of hydrogen-bond acceptors (Lipinski definition) is 2. The highest BCUT2D eigenvalue weighted by atomic mass is 15.1. The topological polar surface area (TPSA) is 43.8 Å². The van der Waals surface area contributed by atoms with Gasteiger partial charge in [-0.3, -0.25) is 0 Å². The Bertz CT molecular complexity index is 784. The molecule has 3 heteroatoms. The molecule has 0 spiro atoms. The van der Waals surface area contributed by atoms with E-state index < -0.39 is 0 Å². The highest BCUT2D eigenvalue weighted by molar-refractivity contribution is 5.84. The van der Waals surface area contributed by atoms with Crippen LogP contribution >= 0.6 is 0 Å². The zero-order chi connectivity index (χ0) is 14.3. The molecular weight excluding hydrogens is 246 g/mol. The third-order valence-electron chi connectivity index (χ3n) is 3.74. The lowest BCUT2D eigenvalue weighted by atomic mass is 10.0. The van der Waals surface area contributed by atoms with Gasteiger partial charge in [0.05, 0.1) is 11.0 Å². The molecule has 3 rings (SSSR count). The first-order valence-electron chi connectivity index (χ1n) is 6.94. The number of fused-ring (bicyclic) bond motifs is 1. The van der Waals surface area contributed by atoms with E-state index >= 15 is 0 Å². The van der Waals surface area contributed by atoms with Crippen molar-refractivity contribution in [2.24, 2.45) is 0 Å². The van der Waals surface area contributed by atoms with Gasteiger partial charge in [0, 0.05) is 17.8 Å². The summed E-state index contributed by atoms with van der Waals surface area (Å²) in [4.78, 5) is 4.78. The first-order valence-corrected chi connectivity index (χ1v) is 6.94. The van der Waals surface area contributed by atoms with Crippen molar-refractivity contribution in [3.63, 3.8) is 0 Å². The maximum Gasteiger partial charge on any atom is 0.143 e. The molecule has 0 aliphatic rings. The maximum absolute atomic E-state index is 6.28. The number of nitrogens with zero attached hydrogens (tertiary/aromatic N) is 2. The fourth-order valence-electron chi connectivity index (χ4n) is 2.76. The molecule has 2 aromatic carbocycles. The number of aromatic nitrogens is 2. The normalized spacial score (nSPS) is 11.2. The minimum atomic E-state index is 0.820. The zero-order valence-electron chi connectivity index (χ0n) is 12.1. The number of aryl methyl sites for hydroxylation is 3. The van der Waals surface area contributed by atoms with Gasteiger partial charge in [-0.15, -0.1) is 0 Å². The van der Waals surface area contributed by atoms with E-state index in [4.69, 9.17) is 10.7 Å². The summed E-state index contributed by atoms with van der Waals surface area (Å²) in [5.41, 5.74) is 12.6. The van der Waals surface area contributed by atoms with Crippen LogP contribution in [0.2, 0.25) is 0 Å². The van der Waals surface area contributed by atoms with Crippen molar-refractivity contribution >= 4 is 16.7 Å². The number of para-hydroxylation sites is 2. The van der Waals surface area contributed by atoms with Gasteiger partial charge in [-0.05, 0) is 50.1 Å². The van der Waals surface area contributed by atoms with Crippen LogP contribution in [0.1, 0.15) is 18.1 Å². The van der Waals surface area contributed by atoms with Crippen LogP contribution < -0.4 is 5.73 Å². The molecule has 1 aromatic heterocycles. The van der Waals surface area contributed by atoms with E-state index in [9.17, 15) is 0 Å². The SMILES string of the molecule is CCn1c(-c2cc(C)cc(C)c2N)nc2ccccc21. The molecular formula is C17H19N3. The van der Waals surface area contributed by atoms with Gasteiger partial charge in [-0.2, -0.15) is 0 Å². The molecule has 20 heavy (non-hydrogen) atoms. The maximum atomic E-state index is 6.28. The summed E-state index contributed by atoms with van der Waals surface area (Å²) in [6.45, 7) is 7.15. The first kappa shape index (κ1) is 12.7. The molecule has 0 fully saturated rings. The number of anilines is 1. The van der Waals surface area contributed by atoms with Crippen molar-refractivity contribution in [2.75, 3.05) is 5.73 Å². The Labute approximate surface area is 119 Å². The van der Waals surface area contributed by atoms with E-state index in [0.29, 0.717) is 0 Å². The van der Waals surface area contributed by atoms with Crippen molar-refractivity contribution in [1.29, 1.82) is 0 Å². The Morgan fingerprint density at radius 2 is 1.90 bits per heavy atom. The highest BCUT2D eigenvalue weighted by Gasteiger charge is 2.14. The van der Waals surface area contributed by atoms with Gasteiger partial charge in [0.15, 0.2) is 0 Å². The average Bonchev–Trinajstić information content (AvgIpc) is 2.81. The quantitative estimate of drug-likeness (QED) is 0.714. The van der Waals surface area contributed by atoms with E-state index in [-0.39, 0.29) is 0 Å². The third kappa shape index (κ3) is 1.86. The van der Waals surface area contributed by atoms with E-state index in [0.717, 1.165) is 40.2 Å². The van der Waals surface area contributed by atoms with Gasteiger partial charge in [-0.25, -0.2) is 4.98 Å². The minimum absolute atomic E-state index is 0.820. The second-order valence-electron chi connectivity index (χ2n) is 5.21. The second kappa shape index (κ2) is 4.67. The predicted octanol–water partition coefficient (Wildman–Crippen LogP) is 3.92. The molecule has 3 nitrogen and oxygen atoms in total. The van der Waals surface area contributed by atoms with E-state index in [1.165, 1.54) is 5.56 Å². The lowest BCUT2D eigenvalue weighted by Gasteiger charge is -2.11. The number of benzene rings is 2. The van der Waals surface area contributed by atoms with Crippen molar-refractivity contribution < 1.29 is 0 Å². The van der Waals surface area contributed by atoms with Gasteiger partial charge in [-0.1, -0.05) is 18.2 Å². The Morgan fingerprint density at radius 1 is 1.15 bits per heavy atom. The van der Waals surface area contributed by atoms with Crippen molar-refractivity contribution in [2.45, 2.75) is 27.3 Å². The van der Waals surface area contributed by atoms with Crippen LogP contribution in [-0.4, -0.2) is 9.55 Å². The second-order valence-corrected chi connectivity index (χ2v) is 5.21. The molecule has 0 aliphatic heterocycles. The summed E-state index contributed by atoms with van der Waals surface area (Å²) in [5.74, 6) is 0.956. The molecule has 0 aliphatic carbocycles. The van der Waals surface area contributed by atoms with Crippen molar-refractivity contribution in [1.82, 2.24) is 9.55 Å². The van der Waals surface area contributed by atoms with Crippen LogP contribution in [0.3, 0.4) is 0 Å². The highest BCUT2D eigenvalue weighted by Crippen LogP contribution is 2.31. The summed E-state index contributed by atoms with van der Waals surface area (Å²) in [7, 11) is 0. The van der Waals surface area contributed by atoms with Gasteiger partial charge >= 0.3 is 0 Å². The molecule has 0 radical (unpaired) electrons. The molecule has 3 aromatic rings.